The van der Waals surface area contributed by atoms with Crippen LogP contribution < -0.4 is 5.32 Å². The third kappa shape index (κ3) is 5.50. The third-order valence-corrected chi connectivity index (χ3v) is 7.92. The number of carbonyl (C=O) groups excluding carboxylic acids is 2. The summed E-state index contributed by atoms with van der Waals surface area (Å²) < 4.78 is 17.8. The summed E-state index contributed by atoms with van der Waals surface area (Å²) >= 11 is 0. The second-order valence-corrected chi connectivity index (χ2v) is 10.8. The highest BCUT2D eigenvalue weighted by molar-refractivity contribution is 6.01. The van der Waals surface area contributed by atoms with Crippen molar-refractivity contribution in [2.75, 3.05) is 14.1 Å². The number of aromatic amines is 1. The summed E-state index contributed by atoms with van der Waals surface area (Å²) in [5.74, 6) is -0.194. The first-order valence-corrected chi connectivity index (χ1v) is 14.2. The van der Waals surface area contributed by atoms with Crippen LogP contribution in [0.3, 0.4) is 0 Å². The van der Waals surface area contributed by atoms with Crippen LogP contribution in [-0.2, 0) is 6.54 Å². The molecule has 0 radical (unpaired) electrons. The molecule has 1 saturated carbocycles. The van der Waals surface area contributed by atoms with Gasteiger partial charge in [0, 0.05) is 38.0 Å². The Labute approximate surface area is 234 Å². The highest BCUT2D eigenvalue weighted by Crippen LogP contribution is 2.35. The van der Waals surface area contributed by atoms with Crippen LogP contribution >= 0.6 is 0 Å². The minimum atomic E-state index is -0.495. The zero-order valence-electron chi connectivity index (χ0n) is 23.4. The molecule has 2 N–H and O–H groups in total. The summed E-state index contributed by atoms with van der Waals surface area (Å²) in [7, 11) is 3.35. The van der Waals surface area contributed by atoms with E-state index in [4.69, 9.17) is 4.98 Å². The van der Waals surface area contributed by atoms with Crippen molar-refractivity contribution in [2.45, 2.75) is 64.5 Å². The van der Waals surface area contributed by atoms with E-state index in [1.165, 1.54) is 24.2 Å². The molecule has 1 atom stereocenters. The van der Waals surface area contributed by atoms with Crippen molar-refractivity contribution in [3.05, 3.63) is 71.6 Å². The van der Waals surface area contributed by atoms with Gasteiger partial charge in [0.1, 0.15) is 17.0 Å². The van der Waals surface area contributed by atoms with E-state index in [1.54, 1.807) is 67.4 Å². The molecule has 9 heteroatoms. The Morgan fingerprint density at radius 1 is 1.05 bits per heavy atom. The molecule has 1 fully saturated rings. The molecule has 8 nitrogen and oxygen atoms in total. The molecular formula is C31H37FN6O2. The third-order valence-electron chi connectivity index (χ3n) is 7.92. The predicted molar refractivity (Wildman–Crippen MR) is 153 cm³/mol. The Morgan fingerprint density at radius 3 is 2.50 bits per heavy atom. The highest BCUT2D eigenvalue weighted by Gasteiger charge is 2.30. The van der Waals surface area contributed by atoms with Crippen LogP contribution in [0.4, 0.5) is 4.39 Å². The molecule has 4 aromatic rings. The zero-order chi connectivity index (χ0) is 28.2. The smallest absolute Gasteiger partial charge is 0.270 e. The van der Waals surface area contributed by atoms with Gasteiger partial charge in [-0.1, -0.05) is 50.3 Å². The zero-order valence-corrected chi connectivity index (χ0v) is 23.4. The topological polar surface area (TPSA) is 95.9 Å². The van der Waals surface area contributed by atoms with Crippen molar-refractivity contribution >= 4 is 22.8 Å². The maximum Gasteiger partial charge on any atom is 0.270 e. The Kier molecular flexibility index (Phi) is 8.28. The van der Waals surface area contributed by atoms with Crippen molar-refractivity contribution in [2.24, 2.45) is 5.92 Å². The fraction of sp³-hybridized carbons (Fsp3) is 0.419. The van der Waals surface area contributed by atoms with Crippen LogP contribution in [0.5, 0.6) is 0 Å². The molecule has 1 aliphatic carbocycles. The number of rotatable bonds is 7. The number of carbonyl (C=O) groups is 2. The lowest BCUT2D eigenvalue weighted by atomic mass is 9.85. The lowest BCUT2D eigenvalue weighted by molar-refractivity contribution is 0.0827. The summed E-state index contributed by atoms with van der Waals surface area (Å²) in [5.41, 5.74) is 2.50. The van der Waals surface area contributed by atoms with E-state index in [9.17, 15) is 9.59 Å². The molecule has 2 amide bonds. The minimum absolute atomic E-state index is 0.170. The molecule has 40 heavy (non-hydrogen) atoms. The monoisotopic (exact) mass is 544 g/mol. The largest absolute Gasteiger partial charge is 0.345 e. The second-order valence-electron chi connectivity index (χ2n) is 10.8. The van der Waals surface area contributed by atoms with Gasteiger partial charge in [-0.05, 0) is 55.5 Å². The van der Waals surface area contributed by atoms with E-state index in [0.717, 1.165) is 25.7 Å². The maximum absolute atomic E-state index is 16.1. The number of fused-ring (bicyclic) bond motifs is 1. The first-order valence-electron chi connectivity index (χ1n) is 14.2. The molecule has 0 spiro atoms. The maximum atomic E-state index is 16.1. The van der Waals surface area contributed by atoms with Gasteiger partial charge >= 0.3 is 0 Å². The average Bonchev–Trinajstić information content (AvgIpc) is 3.59. The van der Waals surface area contributed by atoms with Gasteiger partial charge in [-0.2, -0.15) is 5.10 Å². The van der Waals surface area contributed by atoms with Crippen molar-refractivity contribution in [3.8, 4) is 11.1 Å². The van der Waals surface area contributed by atoms with Crippen molar-refractivity contribution in [1.29, 1.82) is 0 Å². The number of nitrogens with one attached hydrogen (secondary N) is 2. The molecule has 1 unspecified atom stereocenters. The second kappa shape index (κ2) is 12.0. The van der Waals surface area contributed by atoms with Crippen LogP contribution in [0, 0.1) is 11.7 Å². The molecule has 1 aliphatic rings. The molecule has 0 aliphatic heterocycles. The number of nitrogens with zero attached hydrogens (tertiary/aromatic N) is 4. The van der Waals surface area contributed by atoms with Crippen LogP contribution in [0.2, 0.25) is 0 Å². The molecule has 2 heterocycles. The summed E-state index contributed by atoms with van der Waals surface area (Å²) in [6.07, 6.45) is 9.28. The summed E-state index contributed by atoms with van der Waals surface area (Å²) in [4.78, 5) is 35.8. The number of hydrogen-bond acceptors (Lipinski definition) is 4. The van der Waals surface area contributed by atoms with E-state index in [0.29, 0.717) is 40.3 Å². The standard InChI is InChI=1S/C31H37FN6O2/c1-4-38-25(18-19-33-38)30(39)36-27(20-12-8-6-5-7-9-13-20)29-34-24-17-16-22(26(32)28(24)35-29)21-14-10-11-15-23(21)31(40)37(2)3/h10-11,14-20,27H,4-9,12-13H2,1-3H3,(H,34,35)(H,36,39). The first-order chi connectivity index (χ1) is 19.4. The number of aryl methyl sites for hydroxylation is 1. The van der Waals surface area contributed by atoms with Gasteiger partial charge in [0.2, 0.25) is 0 Å². The van der Waals surface area contributed by atoms with Crippen molar-refractivity contribution in [3.63, 3.8) is 0 Å². The van der Waals surface area contributed by atoms with Crippen molar-refractivity contribution in [1.82, 2.24) is 30.0 Å². The van der Waals surface area contributed by atoms with E-state index >= 15 is 4.39 Å². The number of amides is 2. The number of aromatic nitrogens is 4. The Morgan fingerprint density at radius 2 is 1.77 bits per heavy atom. The fourth-order valence-corrected chi connectivity index (χ4v) is 5.79. The number of H-pyrrole nitrogens is 1. The van der Waals surface area contributed by atoms with Crippen molar-refractivity contribution < 1.29 is 14.0 Å². The molecular weight excluding hydrogens is 507 g/mol. The lowest BCUT2D eigenvalue weighted by Gasteiger charge is -2.28. The summed E-state index contributed by atoms with van der Waals surface area (Å²) in [6, 6.07) is 11.8. The number of benzene rings is 2. The molecule has 2 aromatic carbocycles. The van der Waals surface area contributed by atoms with Gasteiger partial charge in [0.05, 0.1) is 11.6 Å². The van der Waals surface area contributed by atoms with Gasteiger partial charge in [0.25, 0.3) is 11.8 Å². The van der Waals surface area contributed by atoms with E-state index in [-0.39, 0.29) is 23.2 Å². The normalized spacial score (nSPS) is 15.4. The van der Waals surface area contributed by atoms with Gasteiger partial charge in [-0.3, -0.25) is 14.3 Å². The van der Waals surface area contributed by atoms with Crippen LogP contribution in [0.25, 0.3) is 22.2 Å². The predicted octanol–water partition coefficient (Wildman–Crippen LogP) is 6.12. The van der Waals surface area contributed by atoms with Crippen LogP contribution in [0.15, 0.2) is 48.7 Å². The van der Waals surface area contributed by atoms with Gasteiger partial charge < -0.3 is 15.2 Å². The average molecular weight is 545 g/mol. The number of halogens is 1. The van der Waals surface area contributed by atoms with Gasteiger partial charge in [0.15, 0.2) is 5.82 Å². The molecule has 0 saturated heterocycles. The Bertz CT molecular complexity index is 1500. The van der Waals surface area contributed by atoms with E-state index in [2.05, 4.69) is 15.4 Å². The summed E-state index contributed by atoms with van der Waals surface area (Å²) in [6.45, 7) is 2.53. The van der Waals surface area contributed by atoms with E-state index < -0.39 is 11.9 Å². The lowest BCUT2D eigenvalue weighted by Crippen LogP contribution is -2.35. The first kappa shape index (κ1) is 27.6. The Hall–Kier alpha value is -4.01. The van der Waals surface area contributed by atoms with Gasteiger partial charge in [-0.25, -0.2) is 9.37 Å². The van der Waals surface area contributed by atoms with Gasteiger partial charge in [-0.15, -0.1) is 0 Å². The molecule has 2 aromatic heterocycles. The SMILES string of the molecule is CCn1nccc1C(=O)NC(c1nc2c(F)c(-c3ccccc3C(=O)N(C)C)ccc2[nH]1)C1CCCCCCC1. The fourth-order valence-electron chi connectivity index (χ4n) is 5.79. The van der Waals surface area contributed by atoms with E-state index in [1.807, 2.05) is 6.92 Å². The summed E-state index contributed by atoms with van der Waals surface area (Å²) in [5, 5.41) is 7.47. The minimum Gasteiger partial charge on any atom is -0.345 e. The number of imidazole rings is 1. The van der Waals surface area contributed by atoms with Crippen LogP contribution in [0.1, 0.15) is 84.6 Å². The highest BCUT2D eigenvalue weighted by atomic mass is 19.1. The molecule has 210 valence electrons. The molecule has 0 bridgehead atoms. The quantitative estimate of drug-likeness (QED) is 0.293. The number of hydrogen-bond donors (Lipinski definition) is 2. The Balaban J connectivity index is 1.55. The molecule has 5 rings (SSSR count). The van der Waals surface area contributed by atoms with Crippen LogP contribution in [-0.4, -0.2) is 50.6 Å².